The van der Waals surface area contributed by atoms with Crippen molar-refractivity contribution in [2.45, 2.75) is 13.1 Å². The molecule has 0 amide bonds. The monoisotopic (exact) mass is 341 g/mol. The van der Waals surface area contributed by atoms with Gasteiger partial charge in [-0.3, -0.25) is 0 Å². The first-order valence-corrected chi connectivity index (χ1v) is 7.13. The fourth-order valence-electron chi connectivity index (χ4n) is 1.98. The smallest absolute Gasteiger partial charge is 0.497 e. The molecule has 2 aromatic carbocycles. The van der Waals surface area contributed by atoms with E-state index in [0.717, 1.165) is 17.9 Å². The van der Waals surface area contributed by atoms with E-state index in [1.54, 1.807) is 7.11 Å². The molecule has 0 unspecified atom stereocenters. The second-order valence-electron chi connectivity index (χ2n) is 4.46. The van der Waals surface area contributed by atoms with E-state index < -0.39 is 0 Å². The zero-order chi connectivity index (χ0) is 14.4. The van der Waals surface area contributed by atoms with Crippen LogP contribution in [0.2, 0.25) is 0 Å². The Labute approximate surface area is 179 Å². The molecule has 0 aliphatic carbocycles. The Bertz CT molecular complexity index is 577. The third-order valence-corrected chi connectivity index (χ3v) is 3.50. The molecule has 0 spiro atoms. The predicted octanol–water partition coefficient (Wildman–Crippen LogP) is 0.533. The van der Waals surface area contributed by atoms with Gasteiger partial charge in [0, 0.05) is 13.1 Å². The van der Waals surface area contributed by atoms with Crippen LogP contribution in [-0.4, -0.2) is 16.3 Å². The van der Waals surface area contributed by atoms with Crippen LogP contribution in [0.15, 0.2) is 54.6 Å². The summed E-state index contributed by atoms with van der Waals surface area (Å²) in [4.78, 5) is 2.01. The van der Waals surface area contributed by atoms with Crippen LogP contribution in [0.1, 0.15) is 11.1 Å². The summed E-state index contributed by atoms with van der Waals surface area (Å²) in [5.74, 6) is 0.845. The van der Waals surface area contributed by atoms with Gasteiger partial charge in [0.15, 0.2) is 0 Å². The minimum absolute atomic E-state index is 0. The molecule has 0 radical (unpaired) electrons. The van der Waals surface area contributed by atoms with Crippen molar-refractivity contribution in [1.82, 2.24) is 4.90 Å². The first-order valence-electron chi connectivity index (χ1n) is 6.32. The molecule has 0 aliphatic rings. The molecule has 0 saturated carbocycles. The van der Waals surface area contributed by atoms with E-state index in [9.17, 15) is 0 Å². The molecular weight excluding hydrogens is 325 g/mol. The number of ether oxygens (including phenoxy) is 1. The van der Waals surface area contributed by atoms with Gasteiger partial charge >= 0.3 is 51.4 Å². The van der Waals surface area contributed by atoms with Crippen molar-refractivity contribution >= 4 is 29.2 Å². The molecule has 0 bridgehead atoms. The van der Waals surface area contributed by atoms with Crippen molar-refractivity contribution in [2.24, 2.45) is 0 Å². The molecular formula is C16H16KNOS2. The van der Waals surface area contributed by atoms with E-state index in [1.165, 1.54) is 5.56 Å². The van der Waals surface area contributed by atoms with Crippen LogP contribution >= 0.6 is 12.2 Å². The Kier molecular flexibility index (Phi) is 8.97. The molecule has 2 nitrogen and oxygen atoms in total. The molecule has 104 valence electrons. The van der Waals surface area contributed by atoms with Crippen LogP contribution in [-0.2, 0) is 25.7 Å². The van der Waals surface area contributed by atoms with Crippen LogP contribution in [0.5, 0.6) is 5.75 Å². The number of thiocarbonyl (C=S) groups is 1. The Balaban J connectivity index is 0.00000220. The Morgan fingerprint density at radius 2 is 1.67 bits per heavy atom. The van der Waals surface area contributed by atoms with Crippen molar-refractivity contribution < 1.29 is 56.1 Å². The van der Waals surface area contributed by atoms with Gasteiger partial charge in [-0.25, -0.2) is 0 Å². The second kappa shape index (κ2) is 9.89. The largest absolute Gasteiger partial charge is 1.00 e. The molecule has 0 heterocycles. The minimum atomic E-state index is 0. The average Bonchev–Trinajstić information content (AvgIpc) is 2.48. The summed E-state index contributed by atoms with van der Waals surface area (Å²) < 4.78 is 5.72. The Hall–Kier alpha value is -0.0136. The van der Waals surface area contributed by atoms with E-state index in [-0.39, 0.29) is 51.4 Å². The van der Waals surface area contributed by atoms with Gasteiger partial charge < -0.3 is 34.5 Å². The number of nitrogens with zero attached hydrogens (tertiary/aromatic N) is 1. The van der Waals surface area contributed by atoms with Crippen LogP contribution < -0.4 is 56.1 Å². The number of benzene rings is 2. The van der Waals surface area contributed by atoms with E-state index >= 15 is 0 Å². The van der Waals surface area contributed by atoms with Crippen molar-refractivity contribution in [1.29, 1.82) is 0 Å². The summed E-state index contributed by atoms with van der Waals surface area (Å²) >= 11 is 10.4. The standard InChI is InChI=1S/C16H17NOS2.K/c1-18-15-9-5-8-14(10-15)12-17(16(19)20)11-13-6-3-2-4-7-13;/h2-10H,11-12H2,1H3,(H,19,20);/q;+1/p-1. The summed E-state index contributed by atoms with van der Waals surface area (Å²) in [5, 5.41) is 0. The summed E-state index contributed by atoms with van der Waals surface area (Å²) in [6, 6.07) is 18.1. The predicted molar refractivity (Wildman–Crippen MR) is 88.6 cm³/mol. The normalized spacial score (nSPS) is 9.57. The van der Waals surface area contributed by atoms with Gasteiger partial charge in [-0.05, 0) is 23.3 Å². The molecule has 2 rings (SSSR count). The van der Waals surface area contributed by atoms with E-state index in [4.69, 9.17) is 29.6 Å². The topological polar surface area (TPSA) is 12.5 Å². The van der Waals surface area contributed by atoms with E-state index in [1.807, 2.05) is 47.4 Å². The van der Waals surface area contributed by atoms with Crippen LogP contribution in [0.25, 0.3) is 0 Å². The van der Waals surface area contributed by atoms with Gasteiger partial charge in [0.05, 0.1) is 7.11 Å². The molecule has 0 atom stereocenters. The van der Waals surface area contributed by atoms with Crippen LogP contribution in [0, 0.1) is 0 Å². The van der Waals surface area contributed by atoms with Gasteiger partial charge in [0.25, 0.3) is 0 Å². The van der Waals surface area contributed by atoms with E-state index in [2.05, 4.69) is 12.1 Å². The molecule has 21 heavy (non-hydrogen) atoms. The first kappa shape index (κ1) is 19.0. The second-order valence-corrected chi connectivity index (χ2v) is 5.49. The zero-order valence-corrected chi connectivity index (χ0v) is 17.0. The summed E-state index contributed by atoms with van der Waals surface area (Å²) in [6.07, 6.45) is 0. The van der Waals surface area contributed by atoms with Crippen molar-refractivity contribution in [3.8, 4) is 5.75 Å². The Morgan fingerprint density at radius 3 is 2.29 bits per heavy atom. The molecule has 0 fully saturated rings. The van der Waals surface area contributed by atoms with Crippen LogP contribution in [0.3, 0.4) is 0 Å². The fourth-order valence-corrected chi connectivity index (χ4v) is 2.24. The molecule has 0 saturated heterocycles. The molecule has 5 heteroatoms. The molecule has 2 aromatic rings. The summed E-state index contributed by atoms with van der Waals surface area (Å²) in [5.41, 5.74) is 2.33. The maximum Gasteiger partial charge on any atom is 1.00 e. The van der Waals surface area contributed by atoms with Crippen molar-refractivity contribution in [3.63, 3.8) is 0 Å². The minimum Gasteiger partial charge on any atom is -0.497 e. The fraction of sp³-hybridized carbons (Fsp3) is 0.188. The maximum absolute atomic E-state index is 5.24. The third kappa shape index (κ3) is 6.32. The molecule has 0 aromatic heterocycles. The summed E-state index contributed by atoms with van der Waals surface area (Å²) in [6.45, 7) is 1.41. The number of hydrogen-bond acceptors (Lipinski definition) is 3. The number of hydrogen-bond donors (Lipinski definition) is 0. The van der Waals surface area contributed by atoms with Gasteiger partial charge in [-0.2, -0.15) is 0 Å². The SMILES string of the molecule is COc1cccc(CN(Cc2ccccc2)C(=S)[S-])c1.[K+]. The van der Waals surface area contributed by atoms with Gasteiger partial charge in [-0.1, -0.05) is 46.8 Å². The maximum atomic E-state index is 5.24. The van der Waals surface area contributed by atoms with Gasteiger partial charge in [-0.15, -0.1) is 0 Å². The molecule has 0 N–H and O–H groups in total. The number of methoxy groups -OCH3 is 1. The third-order valence-electron chi connectivity index (χ3n) is 2.98. The summed E-state index contributed by atoms with van der Waals surface area (Å²) in [7, 11) is 1.67. The Morgan fingerprint density at radius 1 is 1.05 bits per heavy atom. The van der Waals surface area contributed by atoms with Crippen molar-refractivity contribution in [3.05, 3.63) is 65.7 Å². The number of rotatable bonds is 5. The van der Waals surface area contributed by atoms with Crippen molar-refractivity contribution in [2.75, 3.05) is 7.11 Å². The van der Waals surface area contributed by atoms with Gasteiger partial charge in [0.1, 0.15) is 5.75 Å². The average molecular weight is 342 g/mol. The van der Waals surface area contributed by atoms with Crippen LogP contribution in [0.4, 0.5) is 0 Å². The van der Waals surface area contributed by atoms with E-state index in [0.29, 0.717) is 10.9 Å². The van der Waals surface area contributed by atoms with Gasteiger partial charge in [0.2, 0.25) is 0 Å². The zero-order valence-electron chi connectivity index (χ0n) is 12.3. The molecule has 0 aliphatic heterocycles. The first-order chi connectivity index (χ1) is 9.69. The quantitative estimate of drug-likeness (QED) is 0.447.